The molecule has 2 amide bonds. The Morgan fingerprint density at radius 3 is 2.54 bits per heavy atom. The number of benzene rings is 2. The molecule has 0 fully saturated rings. The number of amides is 2. The van der Waals surface area contributed by atoms with E-state index in [9.17, 15) is 9.59 Å². The van der Waals surface area contributed by atoms with E-state index in [0.717, 1.165) is 26.7 Å². The molecule has 0 unspecified atom stereocenters. The molecule has 144 valence electrons. The molecule has 0 aliphatic carbocycles. The molecule has 0 aliphatic heterocycles. The van der Waals surface area contributed by atoms with Gasteiger partial charge in [-0.1, -0.05) is 48.0 Å². The molecule has 0 saturated carbocycles. The molecule has 2 aromatic carbocycles. The van der Waals surface area contributed by atoms with Crippen molar-refractivity contribution in [3.05, 3.63) is 69.7 Å². The Balaban J connectivity index is 1.53. The van der Waals surface area contributed by atoms with Gasteiger partial charge >= 0.3 is 11.8 Å². The lowest BCUT2D eigenvalue weighted by atomic mass is 10.2. The lowest BCUT2D eigenvalue weighted by Crippen LogP contribution is -2.36. The van der Waals surface area contributed by atoms with Gasteiger partial charge in [0.15, 0.2) is 0 Å². The third-order valence-electron chi connectivity index (χ3n) is 4.19. The zero-order valence-electron chi connectivity index (χ0n) is 15.6. The maximum absolute atomic E-state index is 12.0. The maximum Gasteiger partial charge on any atom is 0.313 e. The number of rotatable bonds is 5. The van der Waals surface area contributed by atoms with E-state index in [2.05, 4.69) is 15.6 Å². The summed E-state index contributed by atoms with van der Waals surface area (Å²) in [6.07, 6.45) is 0.617. The van der Waals surface area contributed by atoms with Crippen LogP contribution in [0.4, 0.5) is 5.69 Å². The van der Waals surface area contributed by atoms with Crippen LogP contribution in [-0.2, 0) is 16.0 Å². The number of nitrogens with one attached hydrogen (secondary N) is 2. The Hall–Kier alpha value is -2.70. The Bertz CT molecular complexity index is 1000. The van der Waals surface area contributed by atoms with Gasteiger partial charge in [0, 0.05) is 34.1 Å². The molecule has 3 rings (SSSR count). The summed E-state index contributed by atoms with van der Waals surface area (Å²) in [5.74, 6) is -1.40. The van der Waals surface area contributed by atoms with E-state index in [-0.39, 0.29) is 0 Å². The molecule has 3 aromatic rings. The molecular formula is C21H20ClN3O2S. The Morgan fingerprint density at radius 1 is 1.07 bits per heavy atom. The van der Waals surface area contributed by atoms with Gasteiger partial charge in [-0.3, -0.25) is 9.59 Å². The van der Waals surface area contributed by atoms with E-state index in [0.29, 0.717) is 23.7 Å². The molecule has 28 heavy (non-hydrogen) atoms. The predicted octanol–water partition coefficient (Wildman–Crippen LogP) is 4.38. The summed E-state index contributed by atoms with van der Waals surface area (Å²) < 4.78 is 0. The van der Waals surface area contributed by atoms with Crippen molar-refractivity contribution < 1.29 is 9.59 Å². The fourth-order valence-electron chi connectivity index (χ4n) is 2.59. The average Bonchev–Trinajstić information content (AvgIpc) is 3.06. The van der Waals surface area contributed by atoms with Crippen molar-refractivity contribution in [3.8, 4) is 10.6 Å². The van der Waals surface area contributed by atoms with Crippen molar-refractivity contribution >= 4 is 40.4 Å². The zero-order chi connectivity index (χ0) is 20.1. The highest BCUT2D eigenvalue weighted by molar-refractivity contribution is 7.15. The lowest BCUT2D eigenvalue weighted by Gasteiger charge is -2.07. The first kappa shape index (κ1) is 20.0. The second-order valence-electron chi connectivity index (χ2n) is 6.32. The molecule has 1 heterocycles. The number of aromatic nitrogens is 1. The van der Waals surface area contributed by atoms with Crippen LogP contribution in [-0.4, -0.2) is 23.3 Å². The summed E-state index contributed by atoms with van der Waals surface area (Å²) in [5, 5.41) is 6.69. The molecule has 0 saturated heterocycles. The Labute approximate surface area is 172 Å². The van der Waals surface area contributed by atoms with Crippen LogP contribution in [0.5, 0.6) is 0 Å². The summed E-state index contributed by atoms with van der Waals surface area (Å²) in [6, 6.07) is 15.1. The smallest absolute Gasteiger partial charge is 0.313 e. The van der Waals surface area contributed by atoms with Crippen LogP contribution in [0.25, 0.3) is 10.6 Å². The number of halogens is 1. The normalized spacial score (nSPS) is 10.5. The van der Waals surface area contributed by atoms with E-state index >= 15 is 0 Å². The van der Waals surface area contributed by atoms with E-state index < -0.39 is 11.8 Å². The second kappa shape index (κ2) is 8.99. The average molecular weight is 414 g/mol. The van der Waals surface area contributed by atoms with Crippen LogP contribution in [0.2, 0.25) is 5.02 Å². The number of hydrogen-bond acceptors (Lipinski definition) is 4. The van der Waals surface area contributed by atoms with Gasteiger partial charge in [0.1, 0.15) is 5.01 Å². The first-order valence-electron chi connectivity index (χ1n) is 8.81. The van der Waals surface area contributed by atoms with Crippen LogP contribution in [0.1, 0.15) is 16.1 Å². The van der Waals surface area contributed by atoms with E-state index in [4.69, 9.17) is 11.6 Å². The van der Waals surface area contributed by atoms with Crippen molar-refractivity contribution in [2.75, 3.05) is 11.9 Å². The molecule has 0 radical (unpaired) electrons. The van der Waals surface area contributed by atoms with E-state index in [1.165, 1.54) is 0 Å². The molecular weight excluding hydrogens is 394 g/mol. The van der Waals surface area contributed by atoms with Crippen LogP contribution in [0, 0.1) is 13.8 Å². The molecule has 1 aromatic heterocycles. The minimum atomic E-state index is -0.717. The maximum atomic E-state index is 12.0. The number of aryl methyl sites for hydroxylation is 2. The largest absolute Gasteiger partial charge is 0.347 e. The molecule has 2 N–H and O–H groups in total. The lowest BCUT2D eigenvalue weighted by molar-refractivity contribution is -0.136. The fourth-order valence-corrected chi connectivity index (χ4v) is 3.84. The molecule has 5 nitrogen and oxygen atoms in total. The summed E-state index contributed by atoms with van der Waals surface area (Å²) in [4.78, 5) is 29.8. The van der Waals surface area contributed by atoms with Crippen molar-refractivity contribution in [1.82, 2.24) is 10.3 Å². The monoisotopic (exact) mass is 413 g/mol. The third-order valence-corrected chi connectivity index (χ3v) is 5.86. The minimum absolute atomic E-state index is 0.359. The second-order valence-corrected chi connectivity index (χ2v) is 7.81. The van der Waals surface area contributed by atoms with Gasteiger partial charge in [-0.15, -0.1) is 11.3 Å². The third kappa shape index (κ3) is 4.97. The Kier molecular flexibility index (Phi) is 6.44. The van der Waals surface area contributed by atoms with Gasteiger partial charge in [-0.05, 0) is 31.5 Å². The summed E-state index contributed by atoms with van der Waals surface area (Å²) in [5.41, 5.74) is 3.40. The molecule has 0 bridgehead atoms. The predicted molar refractivity (Wildman–Crippen MR) is 114 cm³/mol. The van der Waals surface area contributed by atoms with Crippen LogP contribution in [0.15, 0.2) is 48.5 Å². The highest BCUT2D eigenvalue weighted by atomic mass is 35.5. The molecule has 0 spiro atoms. The topological polar surface area (TPSA) is 71.1 Å². The van der Waals surface area contributed by atoms with Crippen LogP contribution in [0.3, 0.4) is 0 Å². The Morgan fingerprint density at radius 2 is 1.82 bits per heavy atom. The van der Waals surface area contributed by atoms with Gasteiger partial charge in [-0.25, -0.2) is 4.98 Å². The number of carbonyl (C=O) groups is 2. The van der Waals surface area contributed by atoms with Crippen LogP contribution >= 0.6 is 22.9 Å². The van der Waals surface area contributed by atoms with E-state index in [1.807, 2.05) is 44.2 Å². The standard InChI is InChI=1S/C21H20ClN3O2S/c1-13-8-9-16(12-17(13)22)25-20(27)19(26)23-11-10-18-14(2)24-21(28-18)15-6-4-3-5-7-15/h3-9,12H,10-11H2,1-2H3,(H,23,26)(H,25,27). The first-order chi connectivity index (χ1) is 13.4. The highest BCUT2D eigenvalue weighted by Crippen LogP contribution is 2.27. The number of anilines is 1. The van der Waals surface area contributed by atoms with Crippen molar-refractivity contribution in [3.63, 3.8) is 0 Å². The highest BCUT2D eigenvalue weighted by Gasteiger charge is 2.15. The van der Waals surface area contributed by atoms with Crippen molar-refractivity contribution in [2.45, 2.75) is 20.3 Å². The van der Waals surface area contributed by atoms with E-state index in [1.54, 1.807) is 29.5 Å². The number of hydrogen-bond donors (Lipinski definition) is 2. The summed E-state index contributed by atoms with van der Waals surface area (Å²) >= 11 is 7.63. The van der Waals surface area contributed by atoms with Gasteiger partial charge in [-0.2, -0.15) is 0 Å². The van der Waals surface area contributed by atoms with Gasteiger partial charge in [0.2, 0.25) is 0 Å². The minimum Gasteiger partial charge on any atom is -0.347 e. The number of nitrogens with zero attached hydrogens (tertiary/aromatic N) is 1. The quantitative estimate of drug-likeness (QED) is 0.610. The van der Waals surface area contributed by atoms with Gasteiger partial charge < -0.3 is 10.6 Å². The van der Waals surface area contributed by atoms with Gasteiger partial charge in [0.25, 0.3) is 0 Å². The number of thiazole rings is 1. The van der Waals surface area contributed by atoms with Crippen LogP contribution < -0.4 is 10.6 Å². The number of carbonyl (C=O) groups excluding carboxylic acids is 2. The zero-order valence-corrected chi connectivity index (χ0v) is 17.2. The molecule has 0 aliphatic rings. The fraction of sp³-hybridized carbons (Fsp3) is 0.190. The van der Waals surface area contributed by atoms with Crippen molar-refractivity contribution in [1.29, 1.82) is 0 Å². The summed E-state index contributed by atoms with van der Waals surface area (Å²) in [6.45, 7) is 4.18. The summed E-state index contributed by atoms with van der Waals surface area (Å²) in [7, 11) is 0. The van der Waals surface area contributed by atoms with Gasteiger partial charge in [0.05, 0.1) is 5.69 Å². The molecule has 7 heteroatoms. The SMILES string of the molecule is Cc1ccc(NC(=O)C(=O)NCCc2sc(-c3ccccc3)nc2C)cc1Cl. The first-order valence-corrected chi connectivity index (χ1v) is 10.0. The molecule has 0 atom stereocenters. The van der Waals surface area contributed by atoms with Crippen molar-refractivity contribution in [2.24, 2.45) is 0 Å².